The molecule has 3 heterocycles. The molecule has 6 rings (SSSR count). The monoisotopic (exact) mass is 463 g/mol. The number of fused-ring (bicyclic) bond motifs is 3. The largest absolute Gasteiger partial charge is 0.349 e. The molecule has 0 radical (unpaired) electrons. The molecule has 3 aromatic carbocycles. The summed E-state index contributed by atoms with van der Waals surface area (Å²) < 4.78 is 2.17. The van der Waals surface area contributed by atoms with Crippen LogP contribution >= 0.6 is 0 Å². The summed E-state index contributed by atoms with van der Waals surface area (Å²) in [5.41, 5.74) is 6.52. The van der Waals surface area contributed by atoms with E-state index in [9.17, 15) is 4.79 Å². The number of piperidine rings is 1. The SMILES string of the molecule is Cc1ccc2c(c1)c(C(=O)NC1CC3CCC(C1)N3Cc1ccccc1)c(-c1ccccc1)n2C. The van der Waals surface area contributed by atoms with Gasteiger partial charge in [0.15, 0.2) is 0 Å². The van der Waals surface area contributed by atoms with Crippen LogP contribution in [0.25, 0.3) is 22.2 Å². The lowest BCUT2D eigenvalue weighted by Crippen LogP contribution is -2.50. The maximum Gasteiger partial charge on any atom is 0.254 e. The second-order valence-corrected chi connectivity index (χ2v) is 10.4. The number of aryl methyl sites for hydroxylation is 2. The van der Waals surface area contributed by atoms with Crippen molar-refractivity contribution in [3.8, 4) is 11.3 Å². The van der Waals surface area contributed by atoms with Gasteiger partial charge in [-0.05, 0) is 55.9 Å². The minimum Gasteiger partial charge on any atom is -0.349 e. The Hall–Kier alpha value is -3.37. The Kier molecular flexibility index (Phi) is 5.69. The quantitative estimate of drug-likeness (QED) is 0.389. The molecule has 0 spiro atoms. The van der Waals surface area contributed by atoms with E-state index in [0.29, 0.717) is 12.1 Å². The molecular weight excluding hydrogens is 430 g/mol. The molecule has 4 heteroatoms. The zero-order valence-electron chi connectivity index (χ0n) is 20.6. The van der Waals surface area contributed by atoms with E-state index in [-0.39, 0.29) is 11.9 Å². The predicted molar refractivity (Wildman–Crippen MR) is 142 cm³/mol. The van der Waals surface area contributed by atoms with Gasteiger partial charge in [-0.15, -0.1) is 0 Å². The molecule has 178 valence electrons. The Morgan fingerprint density at radius 2 is 1.57 bits per heavy atom. The van der Waals surface area contributed by atoms with Crippen LogP contribution in [-0.2, 0) is 13.6 Å². The lowest BCUT2D eigenvalue weighted by Gasteiger charge is -2.39. The minimum atomic E-state index is 0.0564. The van der Waals surface area contributed by atoms with Crippen molar-refractivity contribution in [1.29, 1.82) is 0 Å². The first kappa shape index (κ1) is 22.1. The van der Waals surface area contributed by atoms with Gasteiger partial charge in [0.1, 0.15) is 0 Å². The van der Waals surface area contributed by atoms with Gasteiger partial charge in [-0.2, -0.15) is 0 Å². The summed E-state index contributed by atoms with van der Waals surface area (Å²) in [7, 11) is 2.07. The van der Waals surface area contributed by atoms with E-state index in [1.54, 1.807) is 0 Å². The van der Waals surface area contributed by atoms with Crippen LogP contribution < -0.4 is 5.32 Å². The molecule has 2 bridgehead atoms. The van der Waals surface area contributed by atoms with Gasteiger partial charge in [0, 0.05) is 42.6 Å². The van der Waals surface area contributed by atoms with Crippen molar-refractivity contribution >= 4 is 16.8 Å². The molecule has 35 heavy (non-hydrogen) atoms. The summed E-state index contributed by atoms with van der Waals surface area (Å²) in [6.45, 7) is 3.11. The highest BCUT2D eigenvalue weighted by Crippen LogP contribution is 2.38. The van der Waals surface area contributed by atoms with Crippen molar-refractivity contribution < 1.29 is 4.79 Å². The van der Waals surface area contributed by atoms with Gasteiger partial charge in [0.25, 0.3) is 5.91 Å². The Balaban J connectivity index is 1.28. The van der Waals surface area contributed by atoms with Gasteiger partial charge in [-0.1, -0.05) is 72.3 Å². The third-order valence-electron chi connectivity index (χ3n) is 8.06. The Bertz CT molecular complexity index is 1340. The van der Waals surface area contributed by atoms with E-state index in [2.05, 4.69) is 89.4 Å². The van der Waals surface area contributed by atoms with Gasteiger partial charge in [0.05, 0.1) is 11.3 Å². The van der Waals surface area contributed by atoms with Crippen molar-refractivity contribution in [3.63, 3.8) is 0 Å². The number of rotatable bonds is 5. The van der Waals surface area contributed by atoms with Gasteiger partial charge in [-0.3, -0.25) is 9.69 Å². The number of benzene rings is 3. The lowest BCUT2D eigenvalue weighted by molar-refractivity contribution is 0.0829. The first-order valence-corrected chi connectivity index (χ1v) is 12.8. The second-order valence-electron chi connectivity index (χ2n) is 10.4. The molecule has 2 aliphatic rings. The number of hydrogen-bond acceptors (Lipinski definition) is 2. The van der Waals surface area contributed by atoms with Crippen molar-refractivity contribution in [2.75, 3.05) is 0 Å². The summed E-state index contributed by atoms with van der Waals surface area (Å²) in [4.78, 5) is 16.6. The maximum absolute atomic E-state index is 13.9. The Labute approximate surface area is 207 Å². The summed E-state index contributed by atoms with van der Waals surface area (Å²) >= 11 is 0. The van der Waals surface area contributed by atoms with Crippen LogP contribution in [0.15, 0.2) is 78.9 Å². The van der Waals surface area contributed by atoms with Crippen LogP contribution in [0.5, 0.6) is 0 Å². The van der Waals surface area contributed by atoms with E-state index in [1.807, 2.05) is 18.2 Å². The van der Waals surface area contributed by atoms with Crippen LogP contribution in [0.3, 0.4) is 0 Å². The number of nitrogens with zero attached hydrogens (tertiary/aromatic N) is 2. The van der Waals surface area contributed by atoms with Crippen molar-refractivity contribution in [2.45, 2.75) is 57.3 Å². The average Bonchev–Trinajstić information content (AvgIpc) is 3.28. The summed E-state index contributed by atoms with van der Waals surface area (Å²) in [6, 6.07) is 28.8. The van der Waals surface area contributed by atoms with Crippen LogP contribution in [-0.4, -0.2) is 33.5 Å². The molecule has 1 amide bonds. The normalized spacial score (nSPS) is 21.9. The summed E-state index contributed by atoms with van der Waals surface area (Å²) in [6.07, 6.45) is 4.51. The topological polar surface area (TPSA) is 37.3 Å². The lowest BCUT2D eigenvalue weighted by atomic mass is 9.95. The summed E-state index contributed by atoms with van der Waals surface area (Å²) in [5.74, 6) is 0.0564. The zero-order valence-corrected chi connectivity index (χ0v) is 20.6. The van der Waals surface area contributed by atoms with Crippen LogP contribution in [0.2, 0.25) is 0 Å². The molecule has 1 aromatic heterocycles. The molecule has 2 saturated heterocycles. The molecular formula is C31H33N3O. The van der Waals surface area contributed by atoms with Crippen LogP contribution in [0.4, 0.5) is 0 Å². The van der Waals surface area contributed by atoms with E-state index in [1.165, 1.54) is 24.0 Å². The highest BCUT2D eigenvalue weighted by atomic mass is 16.1. The molecule has 2 fully saturated rings. The van der Waals surface area contributed by atoms with E-state index >= 15 is 0 Å². The highest BCUT2D eigenvalue weighted by molar-refractivity contribution is 6.13. The maximum atomic E-state index is 13.9. The number of carbonyl (C=O) groups is 1. The standard InChI is InChI=1S/C31H33N3O/c1-21-13-16-28-27(17-21)29(30(33(28)2)23-11-7-4-8-12-23)31(35)32-24-18-25-14-15-26(19-24)34(25)20-22-9-5-3-6-10-22/h3-13,16-17,24-26H,14-15,18-20H2,1-2H3,(H,32,35). The fourth-order valence-electron chi connectivity index (χ4n) is 6.42. The zero-order chi connectivity index (χ0) is 23.9. The first-order valence-electron chi connectivity index (χ1n) is 12.8. The number of nitrogens with one attached hydrogen (secondary N) is 1. The summed E-state index contributed by atoms with van der Waals surface area (Å²) in [5, 5.41) is 4.51. The van der Waals surface area contributed by atoms with Crippen molar-refractivity contribution in [1.82, 2.24) is 14.8 Å². The van der Waals surface area contributed by atoms with Crippen LogP contribution in [0.1, 0.15) is 47.2 Å². The van der Waals surface area contributed by atoms with Crippen molar-refractivity contribution in [2.24, 2.45) is 7.05 Å². The molecule has 0 saturated carbocycles. The third kappa shape index (κ3) is 4.06. The third-order valence-corrected chi connectivity index (χ3v) is 8.06. The van der Waals surface area contributed by atoms with E-state index in [4.69, 9.17) is 0 Å². The van der Waals surface area contributed by atoms with Gasteiger partial charge < -0.3 is 9.88 Å². The smallest absolute Gasteiger partial charge is 0.254 e. The Morgan fingerprint density at radius 1 is 0.914 bits per heavy atom. The molecule has 0 aliphatic carbocycles. The Morgan fingerprint density at radius 3 is 2.26 bits per heavy atom. The molecule has 2 atom stereocenters. The minimum absolute atomic E-state index is 0.0564. The fraction of sp³-hybridized carbons (Fsp3) is 0.323. The molecule has 4 aromatic rings. The van der Waals surface area contributed by atoms with E-state index in [0.717, 1.165) is 47.1 Å². The number of carbonyl (C=O) groups excluding carboxylic acids is 1. The van der Waals surface area contributed by atoms with Gasteiger partial charge in [-0.25, -0.2) is 0 Å². The molecule has 1 N–H and O–H groups in total. The average molecular weight is 464 g/mol. The number of hydrogen-bond donors (Lipinski definition) is 1. The number of aromatic nitrogens is 1. The fourth-order valence-corrected chi connectivity index (χ4v) is 6.42. The molecule has 4 nitrogen and oxygen atoms in total. The van der Waals surface area contributed by atoms with Crippen molar-refractivity contribution in [3.05, 3.63) is 95.6 Å². The molecule has 2 unspecified atom stereocenters. The molecule has 2 aliphatic heterocycles. The van der Waals surface area contributed by atoms with Gasteiger partial charge >= 0.3 is 0 Å². The van der Waals surface area contributed by atoms with Gasteiger partial charge in [0.2, 0.25) is 0 Å². The highest BCUT2D eigenvalue weighted by Gasteiger charge is 2.41. The second kappa shape index (κ2) is 9.01. The first-order chi connectivity index (χ1) is 17.1. The van der Waals surface area contributed by atoms with E-state index < -0.39 is 0 Å². The predicted octanol–water partition coefficient (Wildman–Crippen LogP) is 6.08. The number of amides is 1. The van der Waals surface area contributed by atoms with Crippen LogP contribution in [0, 0.1) is 6.92 Å².